The lowest BCUT2D eigenvalue weighted by atomic mass is 10.0. The highest BCUT2D eigenvalue weighted by Gasteiger charge is 2.40. The van der Waals surface area contributed by atoms with Crippen molar-refractivity contribution in [3.05, 3.63) is 0 Å². The maximum Gasteiger partial charge on any atom is 0.404 e. The Hall–Kier alpha value is -0.250. The van der Waals surface area contributed by atoms with Crippen molar-refractivity contribution < 1.29 is 13.2 Å². The van der Waals surface area contributed by atoms with Gasteiger partial charge in [0.25, 0.3) is 0 Å². The highest BCUT2D eigenvalue weighted by atomic mass is 19.4. The highest BCUT2D eigenvalue weighted by molar-refractivity contribution is 4.77. The Bertz CT molecular complexity index is 109. The molecule has 1 atom stereocenters. The molecule has 4 heteroatoms. The first-order chi connectivity index (χ1) is 4.89. The van der Waals surface area contributed by atoms with Gasteiger partial charge in [0, 0.05) is 0 Å². The monoisotopic (exact) mass is 169 g/mol. The Morgan fingerprint density at radius 2 is 1.73 bits per heavy atom. The van der Waals surface area contributed by atoms with E-state index in [0.29, 0.717) is 6.54 Å². The first-order valence-corrected chi connectivity index (χ1v) is 3.69. The second-order valence-corrected chi connectivity index (χ2v) is 2.82. The van der Waals surface area contributed by atoms with E-state index in [1.54, 1.807) is 20.8 Å². The summed E-state index contributed by atoms with van der Waals surface area (Å²) in [6, 6.07) is -1.37. The fraction of sp³-hybridized carbons (Fsp3) is 1.00. The Morgan fingerprint density at radius 3 is 1.82 bits per heavy atom. The molecule has 1 nitrogen and oxygen atoms in total. The highest BCUT2D eigenvalue weighted by Crippen LogP contribution is 2.24. The molecule has 0 radical (unpaired) electrons. The summed E-state index contributed by atoms with van der Waals surface area (Å²) < 4.78 is 36.3. The average Bonchev–Trinajstić information content (AvgIpc) is 1.79. The number of nitrogens with one attached hydrogen (secondary N) is 1. The zero-order chi connectivity index (χ0) is 9.07. The molecule has 0 fully saturated rings. The smallest absolute Gasteiger partial charge is 0.306 e. The van der Waals surface area contributed by atoms with Gasteiger partial charge in [-0.15, -0.1) is 0 Å². The van der Waals surface area contributed by atoms with Gasteiger partial charge >= 0.3 is 6.18 Å². The molecule has 0 aromatic heterocycles. The van der Waals surface area contributed by atoms with Crippen LogP contribution in [0.4, 0.5) is 13.2 Å². The van der Waals surface area contributed by atoms with E-state index in [9.17, 15) is 13.2 Å². The van der Waals surface area contributed by atoms with Crippen LogP contribution in [-0.2, 0) is 0 Å². The molecule has 0 unspecified atom stereocenters. The van der Waals surface area contributed by atoms with E-state index in [1.165, 1.54) is 0 Å². The van der Waals surface area contributed by atoms with Crippen LogP contribution < -0.4 is 5.32 Å². The predicted octanol–water partition coefficient (Wildman–Crippen LogP) is 2.18. The van der Waals surface area contributed by atoms with E-state index >= 15 is 0 Å². The predicted molar refractivity (Wildman–Crippen MR) is 38.4 cm³/mol. The minimum Gasteiger partial charge on any atom is -0.306 e. The van der Waals surface area contributed by atoms with Crippen molar-refractivity contribution in [3.8, 4) is 0 Å². The maximum atomic E-state index is 12.1. The van der Waals surface area contributed by atoms with Gasteiger partial charge in [0.1, 0.15) is 6.04 Å². The van der Waals surface area contributed by atoms with Gasteiger partial charge in [0.2, 0.25) is 0 Å². The summed E-state index contributed by atoms with van der Waals surface area (Å²) in [5, 5.41) is 2.40. The topological polar surface area (TPSA) is 12.0 Å². The van der Waals surface area contributed by atoms with Gasteiger partial charge in [-0.2, -0.15) is 13.2 Å². The molecule has 0 saturated carbocycles. The number of hydrogen-bond acceptors (Lipinski definition) is 1. The molecule has 0 amide bonds. The summed E-state index contributed by atoms with van der Waals surface area (Å²) in [5.74, 6) is -0.407. The summed E-state index contributed by atoms with van der Waals surface area (Å²) in [4.78, 5) is 0. The summed E-state index contributed by atoms with van der Waals surface area (Å²) in [6.45, 7) is 5.13. The molecule has 0 saturated heterocycles. The van der Waals surface area contributed by atoms with Crippen molar-refractivity contribution in [2.24, 2.45) is 5.92 Å². The zero-order valence-electron chi connectivity index (χ0n) is 7.00. The standard InChI is InChI=1S/C7H14F3N/c1-4-11-6(5(2)3)7(8,9)10/h5-6,11H,4H2,1-3H3/t6-/m1/s1. The molecule has 0 aliphatic rings. The molecular formula is C7H14F3N. The van der Waals surface area contributed by atoms with E-state index < -0.39 is 18.1 Å². The summed E-state index contributed by atoms with van der Waals surface area (Å²) in [6.07, 6.45) is -4.12. The van der Waals surface area contributed by atoms with Crippen molar-refractivity contribution in [1.82, 2.24) is 5.32 Å². The van der Waals surface area contributed by atoms with Crippen molar-refractivity contribution in [2.45, 2.75) is 33.0 Å². The van der Waals surface area contributed by atoms with Crippen LogP contribution in [0.5, 0.6) is 0 Å². The Balaban J connectivity index is 4.10. The number of rotatable bonds is 3. The van der Waals surface area contributed by atoms with Crippen LogP contribution in [0.1, 0.15) is 20.8 Å². The molecule has 68 valence electrons. The zero-order valence-corrected chi connectivity index (χ0v) is 7.00. The first kappa shape index (κ1) is 10.8. The first-order valence-electron chi connectivity index (χ1n) is 3.69. The van der Waals surface area contributed by atoms with E-state index in [4.69, 9.17) is 0 Å². The second kappa shape index (κ2) is 3.95. The van der Waals surface area contributed by atoms with E-state index in [2.05, 4.69) is 5.32 Å². The minimum absolute atomic E-state index is 0.350. The fourth-order valence-electron chi connectivity index (χ4n) is 0.949. The summed E-state index contributed by atoms with van der Waals surface area (Å²) in [5.41, 5.74) is 0. The van der Waals surface area contributed by atoms with Gasteiger partial charge in [0.15, 0.2) is 0 Å². The fourth-order valence-corrected chi connectivity index (χ4v) is 0.949. The molecule has 0 bridgehead atoms. The molecular weight excluding hydrogens is 155 g/mol. The lowest BCUT2D eigenvalue weighted by molar-refractivity contribution is -0.164. The van der Waals surface area contributed by atoms with Gasteiger partial charge < -0.3 is 5.32 Å². The van der Waals surface area contributed by atoms with Crippen molar-refractivity contribution in [2.75, 3.05) is 6.54 Å². The van der Waals surface area contributed by atoms with Crippen LogP contribution in [0, 0.1) is 5.92 Å². The van der Waals surface area contributed by atoms with Crippen LogP contribution in [-0.4, -0.2) is 18.8 Å². The van der Waals surface area contributed by atoms with Gasteiger partial charge in [-0.3, -0.25) is 0 Å². The molecule has 0 aromatic carbocycles. The molecule has 0 rings (SSSR count). The Morgan fingerprint density at radius 1 is 1.27 bits per heavy atom. The quantitative estimate of drug-likeness (QED) is 0.682. The third-order valence-electron chi connectivity index (χ3n) is 1.44. The second-order valence-electron chi connectivity index (χ2n) is 2.82. The lowest BCUT2D eigenvalue weighted by Gasteiger charge is -2.24. The molecule has 1 N–H and O–H groups in total. The van der Waals surface area contributed by atoms with Crippen molar-refractivity contribution in [3.63, 3.8) is 0 Å². The normalized spacial score (nSPS) is 15.5. The van der Waals surface area contributed by atoms with Crippen LogP contribution in [0.2, 0.25) is 0 Å². The van der Waals surface area contributed by atoms with Crippen molar-refractivity contribution >= 4 is 0 Å². The van der Waals surface area contributed by atoms with E-state index in [1.807, 2.05) is 0 Å². The van der Waals surface area contributed by atoms with Crippen molar-refractivity contribution in [1.29, 1.82) is 0 Å². The van der Waals surface area contributed by atoms with Gasteiger partial charge in [0.05, 0.1) is 0 Å². The summed E-state index contributed by atoms with van der Waals surface area (Å²) >= 11 is 0. The van der Waals surface area contributed by atoms with E-state index in [0.717, 1.165) is 0 Å². The van der Waals surface area contributed by atoms with Gasteiger partial charge in [-0.25, -0.2) is 0 Å². The van der Waals surface area contributed by atoms with Crippen LogP contribution >= 0.6 is 0 Å². The number of halogens is 3. The van der Waals surface area contributed by atoms with Crippen LogP contribution in [0.3, 0.4) is 0 Å². The summed E-state index contributed by atoms with van der Waals surface area (Å²) in [7, 11) is 0. The largest absolute Gasteiger partial charge is 0.404 e. The third-order valence-corrected chi connectivity index (χ3v) is 1.44. The molecule has 0 heterocycles. The Labute approximate surface area is 65.0 Å². The maximum absolute atomic E-state index is 12.1. The lowest BCUT2D eigenvalue weighted by Crippen LogP contribution is -2.45. The molecule has 0 aromatic rings. The molecule has 0 aliphatic heterocycles. The Kier molecular flexibility index (Phi) is 3.86. The van der Waals surface area contributed by atoms with Crippen LogP contribution in [0.25, 0.3) is 0 Å². The molecule has 0 aliphatic carbocycles. The SMILES string of the molecule is CCN[C@H](C(C)C)C(F)(F)F. The van der Waals surface area contributed by atoms with E-state index in [-0.39, 0.29) is 0 Å². The third kappa shape index (κ3) is 3.60. The van der Waals surface area contributed by atoms with Crippen LogP contribution in [0.15, 0.2) is 0 Å². The van der Waals surface area contributed by atoms with Gasteiger partial charge in [-0.1, -0.05) is 20.8 Å². The number of hydrogen-bond donors (Lipinski definition) is 1. The average molecular weight is 169 g/mol. The molecule has 11 heavy (non-hydrogen) atoms. The molecule has 0 spiro atoms. The minimum atomic E-state index is -4.12. The number of alkyl halides is 3. The van der Waals surface area contributed by atoms with Gasteiger partial charge in [-0.05, 0) is 12.5 Å².